The molecule has 0 unspecified atom stereocenters. The fraction of sp³-hybridized carbons (Fsp3) is 0.294. The van der Waals surface area contributed by atoms with Crippen molar-refractivity contribution >= 4 is 21.6 Å². The normalized spacial score (nSPS) is 12.5. The molecule has 2 heterocycles. The van der Waals surface area contributed by atoms with Crippen LogP contribution in [0.5, 0.6) is 5.75 Å². The maximum Gasteiger partial charge on any atom is 0.262 e. The van der Waals surface area contributed by atoms with Crippen molar-refractivity contribution in [3.63, 3.8) is 0 Å². The van der Waals surface area contributed by atoms with Gasteiger partial charge in [0.25, 0.3) is 5.56 Å². The molecular weight excluding hydrogens is 312 g/mol. The van der Waals surface area contributed by atoms with Crippen LogP contribution in [0.1, 0.15) is 11.1 Å². The van der Waals surface area contributed by atoms with E-state index in [4.69, 9.17) is 4.74 Å². The van der Waals surface area contributed by atoms with Gasteiger partial charge in [0.1, 0.15) is 23.3 Å². The van der Waals surface area contributed by atoms with Gasteiger partial charge in [-0.05, 0) is 48.6 Å². The highest BCUT2D eigenvalue weighted by Gasteiger charge is 2.11. The zero-order valence-electron chi connectivity index (χ0n) is 13.0. The maximum atomic E-state index is 12.3. The molecule has 1 aromatic carbocycles. The summed E-state index contributed by atoms with van der Waals surface area (Å²) in [4.78, 5) is 17.2. The van der Waals surface area contributed by atoms with E-state index >= 15 is 0 Å². The van der Waals surface area contributed by atoms with E-state index in [9.17, 15) is 9.90 Å². The lowest BCUT2D eigenvalue weighted by Gasteiger charge is -2.14. The van der Waals surface area contributed by atoms with Crippen molar-refractivity contribution < 1.29 is 9.84 Å². The Bertz CT molecular complexity index is 865. The summed E-state index contributed by atoms with van der Waals surface area (Å²) < 4.78 is 7.05. The summed E-state index contributed by atoms with van der Waals surface area (Å²) in [7, 11) is 0. The van der Waals surface area contributed by atoms with E-state index in [0.717, 1.165) is 16.9 Å². The van der Waals surface area contributed by atoms with Crippen molar-refractivity contribution in [2.45, 2.75) is 26.5 Å². The van der Waals surface area contributed by atoms with E-state index in [1.54, 1.807) is 6.07 Å². The third kappa shape index (κ3) is 3.60. The van der Waals surface area contributed by atoms with Crippen molar-refractivity contribution in [2.75, 3.05) is 6.61 Å². The van der Waals surface area contributed by atoms with Crippen LogP contribution >= 0.6 is 11.3 Å². The number of aliphatic hydroxyl groups is 1. The number of aliphatic hydroxyl groups excluding tert-OH is 1. The molecule has 0 saturated carbocycles. The Kier molecular flexibility index (Phi) is 4.45. The lowest BCUT2D eigenvalue weighted by Crippen LogP contribution is -2.30. The van der Waals surface area contributed by atoms with Crippen LogP contribution in [0.4, 0.5) is 0 Å². The third-order valence-electron chi connectivity index (χ3n) is 3.50. The van der Waals surface area contributed by atoms with E-state index in [1.807, 2.05) is 31.4 Å². The topological polar surface area (TPSA) is 64.3 Å². The van der Waals surface area contributed by atoms with E-state index in [-0.39, 0.29) is 18.7 Å². The number of rotatable bonds is 5. The number of aromatic nitrogens is 2. The molecule has 1 N–H and O–H groups in total. The van der Waals surface area contributed by atoms with Crippen molar-refractivity contribution in [3.05, 3.63) is 57.5 Å². The average molecular weight is 330 g/mol. The van der Waals surface area contributed by atoms with Crippen molar-refractivity contribution in [3.8, 4) is 5.75 Å². The molecule has 3 aromatic rings. The van der Waals surface area contributed by atoms with Gasteiger partial charge in [0, 0.05) is 0 Å². The Hall–Kier alpha value is -2.18. The molecule has 0 saturated heterocycles. The van der Waals surface area contributed by atoms with Gasteiger partial charge in [-0.1, -0.05) is 6.07 Å². The Balaban J connectivity index is 1.67. The Morgan fingerprint density at radius 1 is 1.30 bits per heavy atom. The second-order valence-corrected chi connectivity index (χ2v) is 6.52. The smallest absolute Gasteiger partial charge is 0.262 e. The highest BCUT2D eigenvalue weighted by Crippen LogP contribution is 2.17. The number of aryl methyl sites for hydroxylation is 2. The molecule has 6 heteroatoms. The highest BCUT2D eigenvalue weighted by atomic mass is 32.1. The van der Waals surface area contributed by atoms with Gasteiger partial charge < -0.3 is 9.84 Å². The number of fused-ring (bicyclic) bond motifs is 1. The van der Waals surface area contributed by atoms with Crippen LogP contribution in [-0.2, 0) is 6.54 Å². The Labute approximate surface area is 137 Å². The number of hydrogen-bond acceptors (Lipinski definition) is 5. The second-order valence-electron chi connectivity index (χ2n) is 5.63. The second kappa shape index (κ2) is 6.52. The van der Waals surface area contributed by atoms with Gasteiger partial charge in [0.15, 0.2) is 0 Å². The number of hydrogen-bond donors (Lipinski definition) is 1. The molecule has 0 fully saturated rings. The predicted molar refractivity (Wildman–Crippen MR) is 91.3 cm³/mol. The summed E-state index contributed by atoms with van der Waals surface area (Å²) >= 11 is 1.43. The molecule has 2 aromatic heterocycles. The fourth-order valence-electron chi connectivity index (χ4n) is 2.51. The summed E-state index contributed by atoms with van der Waals surface area (Å²) in [6.45, 7) is 4.27. The van der Waals surface area contributed by atoms with Gasteiger partial charge in [-0.25, -0.2) is 4.98 Å². The van der Waals surface area contributed by atoms with Crippen molar-refractivity contribution in [1.29, 1.82) is 0 Å². The molecule has 0 aliphatic rings. The minimum Gasteiger partial charge on any atom is -0.491 e. The zero-order chi connectivity index (χ0) is 16.4. The first kappa shape index (κ1) is 15.7. The van der Waals surface area contributed by atoms with Crippen molar-refractivity contribution in [2.24, 2.45) is 0 Å². The van der Waals surface area contributed by atoms with Gasteiger partial charge in [-0.3, -0.25) is 9.36 Å². The van der Waals surface area contributed by atoms with Crippen LogP contribution < -0.4 is 10.3 Å². The summed E-state index contributed by atoms with van der Waals surface area (Å²) in [5, 5.41) is 12.6. The molecule has 0 aliphatic carbocycles. The molecule has 0 spiro atoms. The van der Waals surface area contributed by atoms with Crippen LogP contribution in [0.25, 0.3) is 10.2 Å². The first-order chi connectivity index (χ1) is 11.0. The molecule has 5 nitrogen and oxygen atoms in total. The molecule has 0 radical (unpaired) electrons. The average Bonchev–Trinajstić information content (AvgIpc) is 2.96. The largest absolute Gasteiger partial charge is 0.491 e. The van der Waals surface area contributed by atoms with Gasteiger partial charge in [0.05, 0.1) is 18.3 Å². The minimum absolute atomic E-state index is 0.122. The van der Waals surface area contributed by atoms with E-state index in [1.165, 1.54) is 22.2 Å². The van der Waals surface area contributed by atoms with E-state index in [0.29, 0.717) is 10.2 Å². The zero-order valence-corrected chi connectivity index (χ0v) is 13.8. The van der Waals surface area contributed by atoms with Gasteiger partial charge >= 0.3 is 0 Å². The fourth-order valence-corrected chi connectivity index (χ4v) is 3.24. The molecule has 1 atom stereocenters. The van der Waals surface area contributed by atoms with Crippen LogP contribution in [0.2, 0.25) is 0 Å². The number of thiophene rings is 1. The Morgan fingerprint density at radius 2 is 2.04 bits per heavy atom. The summed E-state index contributed by atoms with van der Waals surface area (Å²) in [5.74, 6) is 0.723. The molecule has 0 aliphatic heterocycles. The Morgan fingerprint density at radius 3 is 2.78 bits per heavy atom. The number of nitrogens with zero attached hydrogens (tertiary/aromatic N) is 2. The lowest BCUT2D eigenvalue weighted by atomic mass is 10.1. The summed E-state index contributed by atoms with van der Waals surface area (Å²) in [6.07, 6.45) is 0.688. The van der Waals surface area contributed by atoms with Gasteiger partial charge in [0.2, 0.25) is 0 Å². The molecule has 3 rings (SSSR count). The van der Waals surface area contributed by atoms with Crippen molar-refractivity contribution in [1.82, 2.24) is 9.55 Å². The van der Waals surface area contributed by atoms with Crippen LogP contribution in [0.3, 0.4) is 0 Å². The van der Waals surface area contributed by atoms with Crippen LogP contribution in [-0.4, -0.2) is 27.4 Å². The van der Waals surface area contributed by atoms with Crippen LogP contribution in [0, 0.1) is 13.8 Å². The van der Waals surface area contributed by atoms with E-state index < -0.39 is 6.10 Å². The molecule has 0 bridgehead atoms. The molecular formula is C17H18N2O3S. The highest BCUT2D eigenvalue weighted by molar-refractivity contribution is 7.16. The predicted octanol–water partition coefficient (Wildman–Crippen LogP) is 2.51. The first-order valence-electron chi connectivity index (χ1n) is 7.35. The maximum absolute atomic E-state index is 12.3. The first-order valence-corrected chi connectivity index (χ1v) is 8.22. The third-order valence-corrected chi connectivity index (χ3v) is 4.32. The van der Waals surface area contributed by atoms with Crippen LogP contribution in [0.15, 0.2) is 40.8 Å². The van der Waals surface area contributed by atoms with Gasteiger partial charge in [-0.2, -0.15) is 0 Å². The van der Waals surface area contributed by atoms with Gasteiger partial charge in [-0.15, -0.1) is 11.3 Å². The quantitative estimate of drug-likeness (QED) is 0.781. The number of ether oxygens (including phenoxy) is 1. The standard InChI is InChI=1S/C17H18N2O3S/c1-11-5-12(2)7-14(6-11)22-9-13(20)8-19-10-18-16-15(17(19)21)3-4-23-16/h3-7,10,13,20H,8-9H2,1-2H3/t13-/m0/s1. The number of benzene rings is 1. The molecule has 0 amide bonds. The summed E-state index contributed by atoms with van der Waals surface area (Å²) in [5.41, 5.74) is 2.08. The molecule has 23 heavy (non-hydrogen) atoms. The lowest BCUT2D eigenvalue weighted by molar-refractivity contribution is 0.0914. The summed E-state index contributed by atoms with van der Waals surface area (Å²) in [6, 6.07) is 7.66. The van der Waals surface area contributed by atoms with E-state index in [2.05, 4.69) is 11.1 Å². The SMILES string of the molecule is Cc1cc(C)cc(OC[C@@H](O)Cn2cnc3sccc3c2=O)c1. The minimum atomic E-state index is -0.786. The monoisotopic (exact) mass is 330 g/mol. The molecule has 120 valence electrons.